The second-order valence-corrected chi connectivity index (χ2v) is 7.13. The number of carbonyl (C=O) groups excluding carboxylic acids is 1. The molecule has 0 unspecified atom stereocenters. The third-order valence-electron chi connectivity index (χ3n) is 5.37. The van der Waals surface area contributed by atoms with Gasteiger partial charge in [0.15, 0.2) is 0 Å². The zero-order chi connectivity index (χ0) is 18.0. The summed E-state index contributed by atoms with van der Waals surface area (Å²) in [6, 6.07) is 15.9. The third kappa shape index (κ3) is 3.19. The van der Waals surface area contributed by atoms with E-state index >= 15 is 0 Å². The second kappa shape index (κ2) is 7.08. The van der Waals surface area contributed by atoms with E-state index in [0.717, 1.165) is 24.1 Å². The molecule has 26 heavy (non-hydrogen) atoms. The summed E-state index contributed by atoms with van der Waals surface area (Å²) in [5.41, 5.74) is 1.56. The summed E-state index contributed by atoms with van der Waals surface area (Å²) in [7, 11) is 0. The molecule has 4 rings (SSSR count). The molecule has 2 aromatic rings. The number of likely N-dealkylation sites (tertiary alicyclic amines) is 1. The first-order valence-electron chi connectivity index (χ1n) is 9.20. The van der Waals surface area contributed by atoms with Crippen LogP contribution >= 0.6 is 0 Å². The molecule has 0 aliphatic carbocycles. The highest BCUT2D eigenvalue weighted by Crippen LogP contribution is 2.38. The summed E-state index contributed by atoms with van der Waals surface area (Å²) in [4.78, 5) is 19.6. The Bertz CT molecular complexity index is 766. The topological polar surface area (TPSA) is 51.7 Å². The zero-order valence-electron chi connectivity index (χ0n) is 15.1. The van der Waals surface area contributed by atoms with Gasteiger partial charge in [-0.05, 0) is 31.4 Å². The molecule has 1 aromatic carbocycles. The van der Waals surface area contributed by atoms with E-state index in [2.05, 4.69) is 17.1 Å². The van der Waals surface area contributed by atoms with Crippen LogP contribution in [0.3, 0.4) is 0 Å². The van der Waals surface area contributed by atoms with Crippen molar-refractivity contribution in [2.24, 2.45) is 0 Å². The number of carbonyl (C=O) groups is 1. The van der Waals surface area contributed by atoms with Crippen molar-refractivity contribution in [1.29, 1.82) is 0 Å². The van der Waals surface area contributed by atoms with E-state index in [4.69, 9.17) is 9.47 Å². The first-order valence-corrected chi connectivity index (χ1v) is 9.20. The molecule has 3 heterocycles. The molecule has 1 aromatic heterocycles. The summed E-state index contributed by atoms with van der Waals surface area (Å²) in [5, 5.41) is 0. The molecule has 5 heteroatoms. The van der Waals surface area contributed by atoms with Crippen molar-refractivity contribution in [3.63, 3.8) is 0 Å². The Kier molecular flexibility index (Phi) is 4.64. The lowest BCUT2D eigenvalue weighted by molar-refractivity contribution is -0.150. The molecule has 136 valence electrons. The molecule has 0 radical (unpaired) electrons. The van der Waals surface area contributed by atoms with E-state index in [1.807, 2.05) is 48.2 Å². The molecule has 5 nitrogen and oxygen atoms in total. The molecule has 2 aliphatic rings. The maximum absolute atomic E-state index is 13.4. The number of ether oxygens (including phenoxy) is 2. The van der Waals surface area contributed by atoms with Crippen molar-refractivity contribution in [3.8, 4) is 5.88 Å². The molecule has 0 N–H and O–H groups in total. The van der Waals surface area contributed by atoms with Crippen LogP contribution in [-0.2, 0) is 14.9 Å². The Labute approximate surface area is 153 Å². The highest BCUT2D eigenvalue weighted by Gasteiger charge is 2.47. The predicted molar refractivity (Wildman–Crippen MR) is 98.1 cm³/mol. The van der Waals surface area contributed by atoms with Crippen LogP contribution in [0.4, 0.5) is 0 Å². The van der Waals surface area contributed by atoms with Gasteiger partial charge in [0, 0.05) is 25.0 Å². The number of nitrogens with zero attached hydrogens (tertiary/aromatic N) is 2. The van der Waals surface area contributed by atoms with Gasteiger partial charge in [0.05, 0.1) is 18.5 Å². The molecule has 2 fully saturated rings. The quantitative estimate of drug-likeness (QED) is 0.849. The first-order chi connectivity index (χ1) is 12.7. The van der Waals surface area contributed by atoms with Gasteiger partial charge in [-0.3, -0.25) is 4.79 Å². The smallest absolute Gasteiger partial charge is 0.233 e. The Hall–Kier alpha value is -2.40. The van der Waals surface area contributed by atoms with Crippen molar-refractivity contribution < 1.29 is 14.3 Å². The number of amides is 1. The van der Waals surface area contributed by atoms with Gasteiger partial charge in [-0.2, -0.15) is 0 Å². The Balaban J connectivity index is 1.45. The minimum atomic E-state index is -0.466. The highest BCUT2D eigenvalue weighted by molar-refractivity contribution is 5.89. The summed E-state index contributed by atoms with van der Waals surface area (Å²) in [6.45, 7) is 4.43. The minimum absolute atomic E-state index is 0.0147. The van der Waals surface area contributed by atoms with Crippen molar-refractivity contribution in [2.75, 3.05) is 26.3 Å². The molecule has 0 bridgehead atoms. The van der Waals surface area contributed by atoms with E-state index in [0.29, 0.717) is 32.2 Å². The number of pyridine rings is 1. The molecule has 2 saturated heterocycles. The highest BCUT2D eigenvalue weighted by atomic mass is 16.5. The van der Waals surface area contributed by atoms with Gasteiger partial charge in [-0.15, -0.1) is 0 Å². The van der Waals surface area contributed by atoms with E-state index in [9.17, 15) is 4.79 Å². The molecule has 0 atom stereocenters. The largest absolute Gasteiger partial charge is 0.471 e. The van der Waals surface area contributed by atoms with Crippen LogP contribution in [0.2, 0.25) is 0 Å². The van der Waals surface area contributed by atoms with Crippen LogP contribution in [-0.4, -0.2) is 48.2 Å². The van der Waals surface area contributed by atoms with E-state index in [-0.39, 0.29) is 12.0 Å². The van der Waals surface area contributed by atoms with Gasteiger partial charge in [-0.25, -0.2) is 4.98 Å². The molecular formula is C21H24N2O3. The van der Waals surface area contributed by atoms with Crippen molar-refractivity contribution >= 4 is 5.91 Å². The number of hydrogen-bond acceptors (Lipinski definition) is 4. The van der Waals surface area contributed by atoms with Crippen LogP contribution in [0.1, 0.15) is 24.1 Å². The van der Waals surface area contributed by atoms with Gasteiger partial charge in [0.25, 0.3) is 0 Å². The standard InChI is InChI=1S/C21H24N2O3/c1-16-6-5-9-19(22-16)26-18-14-23(15-18)20(24)21(10-12-25-13-11-21)17-7-3-2-4-8-17/h2-9,18H,10-15H2,1H3. The lowest BCUT2D eigenvalue weighted by atomic mass is 9.72. The zero-order valence-corrected chi connectivity index (χ0v) is 15.1. The average Bonchev–Trinajstić information content (AvgIpc) is 2.65. The first kappa shape index (κ1) is 17.0. The van der Waals surface area contributed by atoms with Crippen molar-refractivity contribution in [1.82, 2.24) is 9.88 Å². The number of aromatic nitrogens is 1. The minimum Gasteiger partial charge on any atom is -0.471 e. The van der Waals surface area contributed by atoms with Gasteiger partial charge in [0.2, 0.25) is 11.8 Å². The second-order valence-electron chi connectivity index (χ2n) is 7.13. The van der Waals surface area contributed by atoms with Crippen molar-refractivity contribution in [2.45, 2.75) is 31.3 Å². The monoisotopic (exact) mass is 352 g/mol. The number of rotatable bonds is 4. The third-order valence-corrected chi connectivity index (χ3v) is 5.37. The lowest BCUT2D eigenvalue weighted by Gasteiger charge is -2.46. The molecule has 2 aliphatic heterocycles. The van der Waals surface area contributed by atoms with Gasteiger partial charge >= 0.3 is 0 Å². The van der Waals surface area contributed by atoms with E-state index < -0.39 is 5.41 Å². The van der Waals surface area contributed by atoms with Gasteiger partial charge in [0.1, 0.15) is 6.10 Å². The van der Waals surface area contributed by atoms with Crippen LogP contribution in [0.5, 0.6) is 5.88 Å². The van der Waals surface area contributed by atoms with Crippen LogP contribution in [0.25, 0.3) is 0 Å². The fourth-order valence-electron chi connectivity index (χ4n) is 3.84. The molecule has 1 amide bonds. The van der Waals surface area contributed by atoms with E-state index in [1.54, 1.807) is 0 Å². The predicted octanol–water partition coefficient (Wildman–Crippen LogP) is 2.73. The van der Waals surface area contributed by atoms with Crippen molar-refractivity contribution in [3.05, 3.63) is 59.8 Å². The van der Waals surface area contributed by atoms with Gasteiger partial charge < -0.3 is 14.4 Å². The average molecular weight is 352 g/mol. The molecule has 0 spiro atoms. The fraction of sp³-hybridized carbons (Fsp3) is 0.429. The van der Waals surface area contributed by atoms with Crippen LogP contribution < -0.4 is 4.74 Å². The number of benzene rings is 1. The molecule has 0 saturated carbocycles. The summed E-state index contributed by atoms with van der Waals surface area (Å²) in [6.07, 6.45) is 1.48. The maximum atomic E-state index is 13.4. The number of hydrogen-bond donors (Lipinski definition) is 0. The maximum Gasteiger partial charge on any atom is 0.233 e. The SMILES string of the molecule is Cc1cccc(OC2CN(C(=O)C3(c4ccccc4)CCOCC3)C2)n1. The summed E-state index contributed by atoms with van der Waals surface area (Å²) >= 11 is 0. The summed E-state index contributed by atoms with van der Waals surface area (Å²) in [5.74, 6) is 0.829. The Morgan fingerprint density at radius 1 is 1.12 bits per heavy atom. The normalized spacial score (nSPS) is 19.7. The van der Waals surface area contributed by atoms with E-state index in [1.165, 1.54) is 0 Å². The van der Waals surface area contributed by atoms with Crippen LogP contribution in [0.15, 0.2) is 48.5 Å². The lowest BCUT2D eigenvalue weighted by Crippen LogP contribution is -2.61. The fourth-order valence-corrected chi connectivity index (χ4v) is 3.84. The Morgan fingerprint density at radius 2 is 1.85 bits per heavy atom. The van der Waals surface area contributed by atoms with Gasteiger partial charge in [-0.1, -0.05) is 36.4 Å². The Morgan fingerprint density at radius 3 is 2.54 bits per heavy atom. The molecular weight excluding hydrogens is 328 g/mol. The van der Waals surface area contributed by atoms with Crippen LogP contribution in [0, 0.1) is 6.92 Å². The summed E-state index contributed by atoms with van der Waals surface area (Å²) < 4.78 is 11.4. The number of aryl methyl sites for hydroxylation is 1.